The Kier molecular flexibility index (Phi) is 5.31. The number of thiazole rings is 1. The van der Waals surface area contributed by atoms with Gasteiger partial charge in [0, 0.05) is 25.6 Å². The number of fused-ring (bicyclic) bond motifs is 4. The van der Waals surface area contributed by atoms with Gasteiger partial charge in [0.25, 0.3) is 0 Å². The van der Waals surface area contributed by atoms with Crippen molar-refractivity contribution in [1.82, 2.24) is 9.97 Å². The molecule has 11 heteroatoms. The maximum atomic E-state index is 13.3. The molecule has 0 aliphatic carbocycles. The number of anilines is 3. The van der Waals surface area contributed by atoms with Crippen molar-refractivity contribution >= 4 is 39.8 Å². The van der Waals surface area contributed by atoms with E-state index in [1.165, 1.54) is 13.0 Å². The van der Waals surface area contributed by atoms with Crippen molar-refractivity contribution in [3.05, 3.63) is 52.5 Å². The minimum Gasteiger partial charge on any atom is -0.366 e. The third-order valence-corrected chi connectivity index (χ3v) is 7.16. The van der Waals surface area contributed by atoms with Crippen LogP contribution in [0.3, 0.4) is 0 Å². The first-order chi connectivity index (χ1) is 16.1. The highest BCUT2D eigenvalue weighted by atomic mass is 32.1. The number of hydrogen-bond acceptors (Lipinski definition) is 6. The van der Waals surface area contributed by atoms with Crippen molar-refractivity contribution < 1.29 is 22.8 Å². The third-order valence-electron chi connectivity index (χ3n) is 5.99. The van der Waals surface area contributed by atoms with Crippen molar-refractivity contribution in [3.8, 4) is 11.3 Å². The van der Waals surface area contributed by atoms with Gasteiger partial charge in [-0.3, -0.25) is 15.0 Å². The molecule has 2 aliphatic rings. The highest BCUT2D eigenvalue weighted by molar-refractivity contribution is 7.17. The molecule has 2 aliphatic heterocycles. The number of ketones is 1. The van der Waals surface area contributed by atoms with Crippen LogP contribution in [0.2, 0.25) is 0 Å². The van der Waals surface area contributed by atoms with Gasteiger partial charge < -0.3 is 4.90 Å². The van der Waals surface area contributed by atoms with E-state index in [4.69, 9.17) is 0 Å². The van der Waals surface area contributed by atoms with Crippen LogP contribution in [-0.4, -0.2) is 40.9 Å². The summed E-state index contributed by atoms with van der Waals surface area (Å²) in [6.45, 7) is 4.54. The number of nitrogens with zero attached hydrogens (tertiary/aromatic N) is 4. The maximum absolute atomic E-state index is 13.3. The molecule has 5 rings (SSSR count). The van der Waals surface area contributed by atoms with Crippen LogP contribution >= 0.6 is 11.3 Å². The SMILES string of the molecule is CC(=O)c1sc(NC(=O)N2c3nc(-c4cccc(C(F)(F)F)c4)ccc3N3CC[C@H]2C3)nc1C. The summed E-state index contributed by atoms with van der Waals surface area (Å²) in [5.41, 5.74) is 1.19. The van der Waals surface area contributed by atoms with E-state index in [2.05, 4.69) is 20.2 Å². The fourth-order valence-electron chi connectivity index (χ4n) is 4.42. The van der Waals surface area contributed by atoms with Gasteiger partial charge in [0.05, 0.1) is 33.6 Å². The summed E-state index contributed by atoms with van der Waals surface area (Å²) in [5.74, 6) is 0.263. The van der Waals surface area contributed by atoms with Crippen LogP contribution < -0.4 is 15.1 Å². The average molecular weight is 488 g/mol. The molecule has 1 atom stereocenters. The molecule has 3 aromatic rings. The number of carbonyl (C=O) groups excluding carboxylic acids is 2. The van der Waals surface area contributed by atoms with Gasteiger partial charge >= 0.3 is 12.2 Å². The van der Waals surface area contributed by atoms with Crippen LogP contribution in [0.1, 0.15) is 34.3 Å². The molecular formula is C23H20F3N5O2S. The molecule has 176 valence electrons. The van der Waals surface area contributed by atoms with Crippen LogP contribution in [0.15, 0.2) is 36.4 Å². The van der Waals surface area contributed by atoms with Crippen LogP contribution in [0.5, 0.6) is 0 Å². The number of hydrogen-bond donors (Lipinski definition) is 1. The number of aromatic nitrogens is 2. The Morgan fingerprint density at radius 1 is 1.18 bits per heavy atom. The summed E-state index contributed by atoms with van der Waals surface area (Å²) in [4.78, 5) is 38.1. The maximum Gasteiger partial charge on any atom is 0.416 e. The van der Waals surface area contributed by atoms with E-state index in [9.17, 15) is 22.8 Å². The van der Waals surface area contributed by atoms with Gasteiger partial charge in [-0.25, -0.2) is 14.8 Å². The molecule has 2 aromatic heterocycles. The molecule has 1 aromatic carbocycles. The molecule has 4 heterocycles. The zero-order valence-corrected chi connectivity index (χ0v) is 19.1. The minimum atomic E-state index is -4.47. The molecule has 2 bridgehead atoms. The van der Waals surface area contributed by atoms with E-state index in [1.807, 2.05) is 0 Å². The topological polar surface area (TPSA) is 78.4 Å². The number of carbonyl (C=O) groups is 2. The Labute approximate surface area is 197 Å². The number of urea groups is 1. The number of amides is 2. The standard InChI is InChI=1S/C23H20F3N5O2S/c1-12-19(13(2)32)34-21(27-12)29-22(33)31-16-8-9-30(11-16)18-7-6-17(28-20(18)31)14-4-3-5-15(10-14)23(24,25)26/h3-7,10,16H,8-9,11H2,1-2H3,(H,27,29,33)/t16-/m0/s1. The lowest BCUT2D eigenvalue weighted by molar-refractivity contribution is -0.137. The van der Waals surface area contributed by atoms with Gasteiger partial charge in [0.1, 0.15) is 0 Å². The van der Waals surface area contributed by atoms with Gasteiger partial charge in [0.15, 0.2) is 16.7 Å². The lowest BCUT2D eigenvalue weighted by Crippen LogP contribution is -2.48. The first-order valence-electron chi connectivity index (χ1n) is 10.6. The molecule has 1 fully saturated rings. The number of halogens is 3. The van der Waals surface area contributed by atoms with Crippen molar-refractivity contribution in [2.45, 2.75) is 32.5 Å². The normalized spacial score (nSPS) is 17.0. The largest absolute Gasteiger partial charge is 0.416 e. The van der Waals surface area contributed by atoms with Crippen molar-refractivity contribution in [2.75, 3.05) is 28.2 Å². The summed E-state index contributed by atoms with van der Waals surface area (Å²) in [7, 11) is 0. The predicted octanol–water partition coefficient (Wildman–Crippen LogP) is 5.37. The van der Waals surface area contributed by atoms with E-state index in [0.717, 1.165) is 42.1 Å². The van der Waals surface area contributed by atoms with E-state index >= 15 is 0 Å². The number of aryl methyl sites for hydroxylation is 1. The van der Waals surface area contributed by atoms with Crippen molar-refractivity contribution in [2.24, 2.45) is 0 Å². The summed E-state index contributed by atoms with van der Waals surface area (Å²) in [5, 5.41) is 3.08. The molecule has 0 saturated carbocycles. The van der Waals surface area contributed by atoms with Gasteiger partial charge in [0.2, 0.25) is 0 Å². The lowest BCUT2D eigenvalue weighted by Gasteiger charge is -2.35. The third kappa shape index (κ3) is 3.89. The summed E-state index contributed by atoms with van der Waals surface area (Å²) in [6.07, 6.45) is -3.73. The van der Waals surface area contributed by atoms with Crippen molar-refractivity contribution in [1.29, 1.82) is 0 Å². The monoisotopic (exact) mass is 487 g/mol. The Morgan fingerprint density at radius 2 is 1.97 bits per heavy atom. The van der Waals surface area contributed by atoms with Crippen LogP contribution in [0.25, 0.3) is 11.3 Å². The zero-order chi connectivity index (χ0) is 24.2. The molecule has 7 nitrogen and oxygen atoms in total. The quantitative estimate of drug-likeness (QED) is 0.503. The predicted molar refractivity (Wildman–Crippen MR) is 124 cm³/mol. The molecular weight excluding hydrogens is 467 g/mol. The second-order valence-corrected chi connectivity index (χ2v) is 9.30. The van der Waals surface area contributed by atoms with Gasteiger partial charge in [-0.05, 0) is 37.6 Å². The smallest absolute Gasteiger partial charge is 0.366 e. The number of alkyl halides is 3. The number of benzene rings is 1. The molecule has 1 N–H and O–H groups in total. The Morgan fingerprint density at radius 3 is 2.68 bits per heavy atom. The van der Waals surface area contributed by atoms with Gasteiger partial charge in [-0.15, -0.1) is 0 Å². The Hall–Kier alpha value is -3.47. The van der Waals surface area contributed by atoms with E-state index in [0.29, 0.717) is 39.3 Å². The first-order valence-corrected chi connectivity index (χ1v) is 11.5. The van der Waals surface area contributed by atoms with Gasteiger partial charge in [-0.2, -0.15) is 13.2 Å². The number of nitrogens with one attached hydrogen (secondary N) is 1. The second kappa shape index (κ2) is 8.08. The lowest BCUT2D eigenvalue weighted by atomic mass is 10.1. The molecule has 2 amide bonds. The first kappa shape index (κ1) is 22.3. The average Bonchev–Trinajstić information content (AvgIpc) is 3.37. The zero-order valence-electron chi connectivity index (χ0n) is 18.3. The summed E-state index contributed by atoms with van der Waals surface area (Å²) < 4.78 is 39.6. The fraction of sp³-hybridized carbons (Fsp3) is 0.304. The van der Waals surface area contributed by atoms with E-state index in [-0.39, 0.29) is 11.8 Å². The van der Waals surface area contributed by atoms with Crippen LogP contribution in [0, 0.1) is 6.92 Å². The molecule has 34 heavy (non-hydrogen) atoms. The molecule has 0 spiro atoms. The Balaban J connectivity index is 1.51. The van der Waals surface area contributed by atoms with Crippen molar-refractivity contribution in [3.63, 3.8) is 0 Å². The van der Waals surface area contributed by atoms with E-state index < -0.39 is 17.8 Å². The molecule has 0 radical (unpaired) electrons. The number of rotatable bonds is 3. The number of Topliss-reactive ketones (excluding diaryl/α,β-unsaturated/α-hetero) is 1. The number of pyridine rings is 1. The molecule has 0 unspecified atom stereocenters. The summed E-state index contributed by atoms with van der Waals surface area (Å²) >= 11 is 1.11. The highest BCUT2D eigenvalue weighted by Gasteiger charge is 2.40. The van der Waals surface area contributed by atoms with Crippen LogP contribution in [0.4, 0.5) is 34.6 Å². The Bertz CT molecular complexity index is 1310. The van der Waals surface area contributed by atoms with Crippen LogP contribution in [-0.2, 0) is 6.18 Å². The molecule has 1 saturated heterocycles. The van der Waals surface area contributed by atoms with E-state index in [1.54, 1.807) is 30.0 Å². The second-order valence-electron chi connectivity index (χ2n) is 8.30. The minimum absolute atomic E-state index is 0.127. The fourth-order valence-corrected chi connectivity index (χ4v) is 5.27. The summed E-state index contributed by atoms with van der Waals surface area (Å²) in [6, 6.07) is 7.86. The highest BCUT2D eigenvalue weighted by Crippen LogP contribution is 2.41. The van der Waals surface area contributed by atoms with Gasteiger partial charge in [-0.1, -0.05) is 23.5 Å².